The lowest BCUT2D eigenvalue weighted by molar-refractivity contribution is -0.122. The number of aromatic nitrogens is 4. The number of rotatable bonds is 5. The van der Waals surface area contributed by atoms with Crippen molar-refractivity contribution in [3.05, 3.63) is 30.6 Å². The van der Waals surface area contributed by atoms with Crippen LogP contribution in [0.2, 0.25) is 0 Å². The number of urea groups is 1. The maximum absolute atomic E-state index is 11.6. The predicted octanol–water partition coefficient (Wildman–Crippen LogP) is 0.0293. The van der Waals surface area contributed by atoms with Gasteiger partial charge in [0.05, 0.1) is 5.69 Å². The molecule has 1 aliphatic rings. The highest BCUT2D eigenvalue weighted by Crippen LogP contribution is 2.18. The van der Waals surface area contributed by atoms with E-state index < -0.39 is 11.9 Å². The minimum absolute atomic E-state index is 0.201. The lowest BCUT2D eigenvalue weighted by Gasteiger charge is -2.08. The van der Waals surface area contributed by atoms with E-state index in [9.17, 15) is 9.59 Å². The Kier molecular flexibility index (Phi) is 3.95. The van der Waals surface area contributed by atoms with Crippen LogP contribution in [0.4, 0.5) is 4.79 Å². The molecule has 9 nitrogen and oxygen atoms in total. The van der Waals surface area contributed by atoms with Crippen molar-refractivity contribution in [2.45, 2.75) is 18.9 Å². The first-order valence-corrected chi connectivity index (χ1v) is 6.77. The first-order valence-electron chi connectivity index (χ1n) is 6.77. The molecule has 0 aliphatic heterocycles. The predicted molar refractivity (Wildman–Crippen MR) is 74.3 cm³/mol. The van der Waals surface area contributed by atoms with Gasteiger partial charge in [0, 0.05) is 6.04 Å². The van der Waals surface area contributed by atoms with Gasteiger partial charge in [-0.2, -0.15) is 0 Å². The minimum atomic E-state index is -0.497. The highest BCUT2D eigenvalue weighted by atomic mass is 16.5. The summed E-state index contributed by atoms with van der Waals surface area (Å²) >= 11 is 0. The number of tetrazole rings is 1. The van der Waals surface area contributed by atoms with E-state index in [1.54, 1.807) is 24.3 Å². The third-order valence-electron chi connectivity index (χ3n) is 2.99. The van der Waals surface area contributed by atoms with Gasteiger partial charge in [-0.1, -0.05) is 0 Å². The number of carbonyl (C=O) groups is 2. The second-order valence-electron chi connectivity index (χ2n) is 4.83. The summed E-state index contributed by atoms with van der Waals surface area (Å²) in [6.45, 7) is -0.234. The molecule has 1 aromatic heterocycles. The third-order valence-corrected chi connectivity index (χ3v) is 2.99. The number of hydrogen-bond acceptors (Lipinski definition) is 6. The van der Waals surface area contributed by atoms with Gasteiger partial charge in [0.15, 0.2) is 6.61 Å². The van der Waals surface area contributed by atoms with Crippen LogP contribution in [-0.2, 0) is 4.79 Å². The van der Waals surface area contributed by atoms with Gasteiger partial charge in [-0.05, 0) is 47.5 Å². The summed E-state index contributed by atoms with van der Waals surface area (Å²) in [5.41, 5.74) is 0.769. The van der Waals surface area contributed by atoms with Crippen molar-refractivity contribution < 1.29 is 14.3 Å². The van der Waals surface area contributed by atoms with Gasteiger partial charge < -0.3 is 10.1 Å². The maximum Gasteiger partial charge on any atom is 0.321 e. The second-order valence-corrected chi connectivity index (χ2v) is 4.83. The molecule has 1 heterocycles. The van der Waals surface area contributed by atoms with Crippen molar-refractivity contribution in [3.63, 3.8) is 0 Å². The Balaban J connectivity index is 1.46. The molecular weight excluding hydrogens is 288 g/mol. The van der Waals surface area contributed by atoms with Gasteiger partial charge >= 0.3 is 6.03 Å². The van der Waals surface area contributed by atoms with Crippen molar-refractivity contribution in [2.75, 3.05) is 6.61 Å². The van der Waals surface area contributed by atoms with E-state index in [-0.39, 0.29) is 12.6 Å². The number of benzene rings is 1. The number of hydrogen-bond donors (Lipinski definition) is 2. The van der Waals surface area contributed by atoms with E-state index in [4.69, 9.17) is 4.74 Å². The Labute approximate surface area is 125 Å². The smallest absolute Gasteiger partial charge is 0.321 e. The zero-order valence-electron chi connectivity index (χ0n) is 11.6. The van der Waals surface area contributed by atoms with Gasteiger partial charge in [-0.3, -0.25) is 10.1 Å². The highest BCUT2D eigenvalue weighted by Gasteiger charge is 2.23. The number of carbonyl (C=O) groups excluding carboxylic acids is 2. The fourth-order valence-corrected chi connectivity index (χ4v) is 1.74. The lowest BCUT2D eigenvalue weighted by Crippen LogP contribution is -2.42. The van der Waals surface area contributed by atoms with Crippen LogP contribution in [0.5, 0.6) is 5.75 Å². The SMILES string of the molecule is O=C(COc1ccc(-n2cnnn2)cc1)NC(=O)NC1CC1. The number of ether oxygens (including phenoxy) is 1. The molecule has 0 saturated heterocycles. The molecule has 2 aromatic rings. The van der Waals surface area contributed by atoms with Crippen LogP contribution in [0.3, 0.4) is 0 Å². The summed E-state index contributed by atoms with van der Waals surface area (Å²) in [5, 5.41) is 15.7. The van der Waals surface area contributed by atoms with E-state index in [0.29, 0.717) is 5.75 Å². The molecule has 0 radical (unpaired) electrons. The van der Waals surface area contributed by atoms with Crippen LogP contribution in [-0.4, -0.2) is 44.8 Å². The van der Waals surface area contributed by atoms with E-state index in [0.717, 1.165) is 18.5 Å². The number of nitrogens with one attached hydrogen (secondary N) is 2. The van der Waals surface area contributed by atoms with E-state index in [1.807, 2.05) is 0 Å². The summed E-state index contributed by atoms with van der Waals surface area (Å²) < 4.78 is 6.81. The molecule has 22 heavy (non-hydrogen) atoms. The molecule has 0 atom stereocenters. The number of amides is 3. The first-order chi connectivity index (χ1) is 10.7. The number of nitrogens with zero attached hydrogens (tertiary/aromatic N) is 4. The van der Waals surface area contributed by atoms with Crippen LogP contribution in [0.1, 0.15) is 12.8 Å². The first kappa shape index (κ1) is 14.0. The van der Waals surface area contributed by atoms with Crippen LogP contribution in [0.25, 0.3) is 5.69 Å². The fraction of sp³-hybridized carbons (Fsp3) is 0.308. The average Bonchev–Trinajstić information content (AvgIpc) is 3.15. The van der Waals surface area contributed by atoms with Crippen LogP contribution < -0.4 is 15.4 Å². The number of imide groups is 1. The van der Waals surface area contributed by atoms with E-state index in [2.05, 4.69) is 26.2 Å². The van der Waals surface area contributed by atoms with E-state index in [1.165, 1.54) is 11.0 Å². The van der Waals surface area contributed by atoms with Crippen molar-refractivity contribution in [1.82, 2.24) is 30.8 Å². The molecule has 3 rings (SSSR count). The minimum Gasteiger partial charge on any atom is -0.484 e. The van der Waals surface area contributed by atoms with Crippen molar-refractivity contribution >= 4 is 11.9 Å². The van der Waals surface area contributed by atoms with Crippen molar-refractivity contribution in [3.8, 4) is 11.4 Å². The molecule has 3 amide bonds. The Bertz CT molecular complexity index is 651. The Hall–Kier alpha value is -2.97. The van der Waals surface area contributed by atoms with E-state index >= 15 is 0 Å². The Morgan fingerprint density at radius 2 is 2.05 bits per heavy atom. The molecule has 0 bridgehead atoms. The summed E-state index contributed by atoms with van der Waals surface area (Å²) in [5.74, 6) is 0.0114. The van der Waals surface area contributed by atoms with Gasteiger partial charge in [-0.15, -0.1) is 5.10 Å². The van der Waals surface area contributed by atoms with Crippen molar-refractivity contribution in [2.24, 2.45) is 0 Å². The quantitative estimate of drug-likeness (QED) is 0.806. The van der Waals surface area contributed by atoms with Crippen LogP contribution in [0, 0.1) is 0 Å². The topological polar surface area (TPSA) is 111 Å². The summed E-state index contributed by atoms with van der Waals surface area (Å²) in [7, 11) is 0. The van der Waals surface area contributed by atoms with Crippen molar-refractivity contribution in [1.29, 1.82) is 0 Å². The third kappa shape index (κ3) is 3.78. The molecule has 1 aromatic carbocycles. The molecule has 1 fully saturated rings. The fourth-order valence-electron chi connectivity index (χ4n) is 1.74. The standard InChI is InChI=1S/C13H14N6O3/c20-12(16-13(21)15-9-1-2-9)7-22-11-5-3-10(4-6-11)19-8-14-17-18-19/h3-6,8-9H,1-2,7H2,(H2,15,16,20,21). The largest absolute Gasteiger partial charge is 0.484 e. The summed E-state index contributed by atoms with van der Waals surface area (Å²) in [6.07, 6.45) is 3.40. The molecule has 114 valence electrons. The molecule has 9 heteroatoms. The molecular formula is C13H14N6O3. The average molecular weight is 302 g/mol. The van der Waals surface area contributed by atoms with Crippen LogP contribution >= 0.6 is 0 Å². The molecule has 1 saturated carbocycles. The normalized spacial score (nSPS) is 13.5. The Morgan fingerprint density at radius 1 is 1.27 bits per heavy atom. The molecule has 0 unspecified atom stereocenters. The van der Waals surface area contributed by atoms with Gasteiger partial charge in [0.25, 0.3) is 5.91 Å². The zero-order chi connectivity index (χ0) is 15.4. The Morgan fingerprint density at radius 3 is 2.68 bits per heavy atom. The zero-order valence-corrected chi connectivity index (χ0v) is 11.6. The van der Waals surface area contributed by atoms with Gasteiger partial charge in [-0.25, -0.2) is 9.48 Å². The van der Waals surface area contributed by atoms with Crippen LogP contribution in [0.15, 0.2) is 30.6 Å². The van der Waals surface area contributed by atoms with Gasteiger partial charge in [0.1, 0.15) is 12.1 Å². The monoisotopic (exact) mass is 302 g/mol. The maximum atomic E-state index is 11.6. The summed E-state index contributed by atoms with van der Waals surface area (Å²) in [6, 6.07) is 6.60. The molecule has 2 N–H and O–H groups in total. The highest BCUT2D eigenvalue weighted by molar-refractivity contribution is 5.95. The second kappa shape index (κ2) is 6.20. The lowest BCUT2D eigenvalue weighted by atomic mass is 10.3. The molecule has 1 aliphatic carbocycles. The summed E-state index contributed by atoms with van der Waals surface area (Å²) in [4.78, 5) is 22.9. The van der Waals surface area contributed by atoms with Gasteiger partial charge in [0.2, 0.25) is 0 Å². The molecule has 0 spiro atoms.